The van der Waals surface area contributed by atoms with Crippen molar-refractivity contribution in [2.45, 2.75) is 5.03 Å². The minimum atomic E-state index is -3.80. The number of nitriles is 1. The van der Waals surface area contributed by atoms with Crippen molar-refractivity contribution >= 4 is 10.0 Å². The van der Waals surface area contributed by atoms with E-state index in [0.29, 0.717) is 0 Å². The van der Waals surface area contributed by atoms with E-state index in [1.54, 1.807) is 6.07 Å². The predicted molar refractivity (Wildman–Crippen MR) is 40.3 cm³/mol. The zero-order chi connectivity index (χ0) is 9.19. The molecule has 0 aliphatic carbocycles. The van der Waals surface area contributed by atoms with E-state index in [4.69, 9.17) is 10.4 Å². The van der Waals surface area contributed by atoms with Crippen molar-refractivity contribution < 1.29 is 8.42 Å². The molecule has 0 saturated carbocycles. The third-order valence-electron chi connectivity index (χ3n) is 1.16. The Morgan fingerprint density at radius 3 is 2.75 bits per heavy atom. The molecule has 0 saturated heterocycles. The molecule has 0 unspecified atom stereocenters. The Labute approximate surface area is 69.5 Å². The predicted octanol–water partition coefficient (Wildman–Crippen LogP) is -0.399. The first-order chi connectivity index (χ1) is 5.54. The highest BCUT2D eigenvalue weighted by Crippen LogP contribution is 2.04. The standard InChI is InChI=1S/C6H5N3O2S/c7-4-5-1-2-9-6(3-5)12(8,10)11/h1-3H,(H2,8,10,11). The molecular formula is C6H5N3O2S. The van der Waals surface area contributed by atoms with Crippen LogP contribution in [0.25, 0.3) is 0 Å². The Balaban J connectivity index is 3.32. The first-order valence-electron chi connectivity index (χ1n) is 2.93. The van der Waals surface area contributed by atoms with Crippen molar-refractivity contribution in [3.05, 3.63) is 23.9 Å². The van der Waals surface area contributed by atoms with Gasteiger partial charge in [-0.3, -0.25) is 0 Å². The van der Waals surface area contributed by atoms with E-state index in [0.717, 1.165) is 6.07 Å². The first-order valence-corrected chi connectivity index (χ1v) is 4.47. The van der Waals surface area contributed by atoms with Gasteiger partial charge in [0.15, 0.2) is 5.03 Å². The molecule has 1 aromatic rings. The van der Waals surface area contributed by atoms with E-state index in [-0.39, 0.29) is 10.6 Å². The number of sulfonamides is 1. The van der Waals surface area contributed by atoms with Gasteiger partial charge in [0.25, 0.3) is 10.0 Å². The summed E-state index contributed by atoms with van der Waals surface area (Å²) < 4.78 is 21.4. The van der Waals surface area contributed by atoms with Crippen molar-refractivity contribution in [1.29, 1.82) is 5.26 Å². The summed E-state index contributed by atoms with van der Waals surface area (Å²) in [5.74, 6) is 0. The number of hydrogen-bond acceptors (Lipinski definition) is 4. The molecule has 0 bridgehead atoms. The lowest BCUT2D eigenvalue weighted by atomic mass is 10.3. The molecule has 6 heteroatoms. The van der Waals surface area contributed by atoms with E-state index >= 15 is 0 Å². The molecule has 62 valence electrons. The third-order valence-corrected chi connectivity index (χ3v) is 1.96. The summed E-state index contributed by atoms with van der Waals surface area (Å²) in [5.41, 5.74) is 0.217. The van der Waals surface area contributed by atoms with Gasteiger partial charge in [-0.2, -0.15) is 5.26 Å². The minimum absolute atomic E-state index is 0.217. The minimum Gasteiger partial charge on any atom is -0.243 e. The van der Waals surface area contributed by atoms with Crippen LogP contribution in [-0.4, -0.2) is 13.4 Å². The molecule has 0 atom stereocenters. The molecule has 12 heavy (non-hydrogen) atoms. The van der Waals surface area contributed by atoms with Gasteiger partial charge >= 0.3 is 0 Å². The number of nitrogens with zero attached hydrogens (tertiary/aromatic N) is 2. The zero-order valence-electron chi connectivity index (χ0n) is 5.93. The van der Waals surface area contributed by atoms with Crippen LogP contribution in [-0.2, 0) is 10.0 Å². The van der Waals surface area contributed by atoms with Gasteiger partial charge in [0, 0.05) is 6.20 Å². The Morgan fingerprint density at radius 2 is 2.25 bits per heavy atom. The summed E-state index contributed by atoms with van der Waals surface area (Å²) in [6.45, 7) is 0. The lowest BCUT2D eigenvalue weighted by molar-refractivity contribution is 0.594. The highest BCUT2D eigenvalue weighted by Gasteiger charge is 2.08. The van der Waals surface area contributed by atoms with Crippen LogP contribution in [0.1, 0.15) is 5.56 Å². The monoisotopic (exact) mass is 183 g/mol. The lowest BCUT2D eigenvalue weighted by Gasteiger charge is -1.95. The molecule has 1 heterocycles. The highest BCUT2D eigenvalue weighted by atomic mass is 32.2. The van der Waals surface area contributed by atoms with Crippen LogP contribution in [0.2, 0.25) is 0 Å². The van der Waals surface area contributed by atoms with Crippen LogP contribution >= 0.6 is 0 Å². The molecule has 0 amide bonds. The van der Waals surface area contributed by atoms with Crippen LogP contribution in [0.4, 0.5) is 0 Å². The normalized spacial score (nSPS) is 10.7. The second-order valence-electron chi connectivity index (χ2n) is 2.04. The summed E-state index contributed by atoms with van der Waals surface area (Å²) in [5, 5.41) is 12.9. The van der Waals surface area contributed by atoms with E-state index in [1.807, 2.05) is 0 Å². The maximum absolute atomic E-state index is 10.7. The average molecular weight is 183 g/mol. The summed E-state index contributed by atoms with van der Waals surface area (Å²) in [6.07, 6.45) is 1.22. The van der Waals surface area contributed by atoms with E-state index in [9.17, 15) is 8.42 Å². The largest absolute Gasteiger partial charge is 0.255 e. The molecule has 0 fully saturated rings. The molecule has 2 N–H and O–H groups in total. The second-order valence-corrected chi connectivity index (χ2v) is 3.55. The van der Waals surface area contributed by atoms with Gasteiger partial charge in [0.05, 0.1) is 11.6 Å². The van der Waals surface area contributed by atoms with Crippen LogP contribution in [0.3, 0.4) is 0 Å². The van der Waals surface area contributed by atoms with Crippen molar-refractivity contribution in [1.82, 2.24) is 4.98 Å². The molecule has 0 spiro atoms. The van der Waals surface area contributed by atoms with Crippen molar-refractivity contribution in [3.8, 4) is 6.07 Å². The maximum atomic E-state index is 10.7. The fraction of sp³-hybridized carbons (Fsp3) is 0. The molecule has 5 nitrogen and oxygen atoms in total. The molecule has 0 aliphatic heterocycles. The lowest BCUT2D eigenvalue weighted by Crippen LogP contribution is -2.13. The summed E-state index contributed by atoms with van der Waals surface area (Å²) in [7, 11) is -3.80. The van der Waals surface area contributed by atoms with Crippen LogP contribution < -0.4 is 5.14 Å². The summed E-state index contributed by atoms with van der Waals surface area (Å²) in [6, 6.07) is 4.30. The Hall–Kier alpha value is -1.45. The summed E-state index contributed by atoms with van der Waals surface area (Å²) >= 11 is 0. The van der Waals surface area contributed by atoms with Gasteiger partial charge in [-0.05, 0) is 12.1 Å². The fourth-order valence-electron chi connectivity index (χ4n) is 0.635. The number of rotatable bonds is 1. The maximum Gasteiger partial charge on any atom is 0.255 e. The number of hydrogen-bond donors (Lipinski definition) is 1. The van der Waals surface area contributed by atoms with Gasteiger partial charge in [-0.15, -0.1) is 0 Å². The van der Waals surface area contributed by atoms with Crippen LogP contribution in [0.15, 0.2) is 23.4 Å². The Kier molecular flexibility index (Phi) is 2.08. The van der Waals surface area contributed by atoms with Gasteiger partial charge in [-0.1, -0.05) is 0 Å². The van der Waals surface area contributed by atoms with Gasteiger partial charge < -0.3 is 0 Å². The Morgan fingerprint density at radius 1 is 1.58 bits per heavy atom. The molecule has 1 aromatic heterocycles. The first kappa shape index (κ1) is 8.64. The van der Waals surface area contributed by atoms with Gasteiger partial charge in [0.2, 0.25) is 0 Å². The van der Waals surface area contributed by atoms with E-state index < -0.39 is 10.0 Å². The molecule has 0 aromatic carbocycles. The molecular weight excluding hydrogens is 178 g/mol. The summed E-state index contributed by atoms with van der Waals surface area (Å²) in [4.78, 5) is 3.49. The number of nitrogens with two attached hydrogens (primary N) is 1. The Bertz CT molecular complexity index is 432. The number of primary sulfonamides is 1. The van der Waals surface area contributed by atoms with E-state index in [2.05, 4.69) is 4.98 Å². The van der Waals surface area contributed by atoms with E-state index in [1.165, 1.54) is 12.3 Å². The van der Waals surface area contributed by atoms with Crippen LogP contribution in [0, 0.1) is 11.3 Å². The second kappa shape index (κ2) is 2.89. The quantitative estimate of drug-likeness (QED) is 0.640. The van der Waals surface area contributed by atoms with Crippen molar-refractivity contribution in [3.63, 3.8) is 0 Å². The zero-order valence-corrected chi connectivity index (χ0v) is 6.75. The van der Waals surface area contributed by atoms with Crippen molar-refractivity contribution in [2.75, 3.05) is 0 Å². The van der Waals surface area contributed by atoms with Gasteiger partial charge in [-0.25, -0.2) is 18.5 Å². The molecule has 0 radical (unpaired) electrons. The average Bonchev–Trinajstić information content (AvgIpc) is 2.03. The number of pyridine rings is 1. The topological polar surface area (TPSA) is 96.8 Å². The van der Waals surface area contributed by atoms with Crippen LogP contribution in [0.5, 0.6) is 0 Å². The van der Waals surface area contributed by atoms with Gasteiger partial charge in [0.1, 0.15) is 0 Å². The smallest absolute Gasteiger partial charge is 0.243 e. The number of aromatic nitrogens is 1. The molecule has 0 aliphatic rings. The third kappa shape index (κ3) is 1.78. The SMILES string of the molecule is N#Cc1ccnc(S(N)(=O)=O)c1. The fourth-order valence-corrected chi connectivity index (χ4v) is 1.13. The highest BCUT2D eigenvalue weighted by molar-refractivity contribution is 7.89. The molecule has 1 rings (SSSR count). The van der Waals surface area contributed by atoms with Crippen molar-refractivity contribution in [2.24, 2.45) is 5.14 Å².